The number of halogens is 2. The van der Waals surface area contributed by atoms with Crippen molar-refractivity contribution >= 4 is 40.7 Å². The molecule has 0 aromatic heterocycles. The summed E-state index contributed by atoms with van der Waals surface area (Å²) in [5.41, 5.74) is 0.939. The molecule has 0 bridgehead atoms. The minimum Gasteiger partial charge on any atom is -0.482 e. The maximum Gasteiger partial charge on any atom is 0.262 e. The smallest absolute Gasteiger partial charge is 0.262 e. The molecular weight excluding hydrogens is 411 g/mol. The topological polar surface area (TPSA) is 58.6 Å². The number of benzene rings is 2. The Bertz CT molecular complexity index is 882. The van der Waals surface area contributed by atoms with Gasteiger partial charge in [0.05, 0.1) is 16.3 Å². The Morgan fingerprint density at radius 2 is 1.83 bits per heavy atom. The lowest BCUT2D eigenvalue weighted by molar-refractivity contribution is -0.118. The van der Waals surface area contributed by atoms with Gasteiger partial charge < -0.3 is 15.0 Å². The highest BCUT2D eigenvalue weighted by Crippen LogP contribution is 2.28. The minimum atomic E-state index is -0.378. The number of nitrogens with zero attached hydrogens (tertiary/aromatic N) is 1. The predicted octanol–water partition coefficient (Wildman–Crippen LogP) is 5.42. The first-order valence-electron chi connectivity index (χ1n) is 9.69. The third kappa shape index (κ3) is 5.64. The monoisotopic (exact) mass is 434 g/mol. The van der Waals surface area contributed by atoms with Crippen LogP contribution < -0.4 is 10.1 Å². The van der Waals surface area contributed by atoms with E-state index < -0.39 is 0 Å². The van der Waals surface area contributed by atoms with Gasteiger partial charge in [0.15, 0.2) is 6.61 Å². The number of hydrogen-bond donors (Lipinski definition) is 1. The van der Waals surface area contributed by atoms with Crippen LogP contribution in [0.1, 0.15) is 42.5 Å². The molecule has 1 aliphatic rings. The van der Waals surface area contributed by atoms with Gasteiger partial charge in [-0.15, -0.1) is 0 Å². The van der Waals surface area contributed by atoms with Crippen LogP contribution in [0.3, 0.4) is 0 Å². The maximum absolute atomic E-state index is 13.0. The van der Waals surface area contributed by atoms with Gasteiger partial charge in [-0.3, -0.25) is 9.59 Å². The fourth-order valence-corrected chi connectivity index (χ4v) is 3.99. The average Bonchev–Trinajstić information content (AvgIpc) is 2.73. The summed E-state index contributed by atoms with van der Waals surface area (Å²) in [5, 5.41) is 3.59. The molecule has 1 saturated carbocycles. The van der Waals surface area contributed by atoms with E-state index in [0.717, 1.165) is 25.7 Å². The van der Waals surface area contributed by atoms with E-state index in [-0.39, 0.29) is 24.5 Å². The minimum absolute atomic E-state index is 0.0885. The molecule has 0 atom stereocenters. The number of carbonyl (C=O) groups is 2. The lowest BCUT2D eigenvalue weighted by atomic mass is 9.94. The Balaban J connectivity index is 1.65. The molecule has 154 valence electrons. The zero-order valence-electron chi connectivity index (χ0n) is 16.3. The lowest BCUT2D eigenvalue weighted by Crippen LogP contribution is -2.38. The zero-order chi connectivity index (χ0) is 20.8. The second-order valence-corrected chi connectivity index (χ2v) is 8.01. The third-order valence-corrected chi connectivity index (χ3v) is 5.66. The molecule has 2 aromatic carbocycles. The molecule has 0 aliphatic heterocycles. The highest BCUT2D eigenvalue weighted by Gasteiger charge is 2.24. The van der Waals surface area contributed by atoms with E-state index in [1.165, 1.54) is 6.42 Å². The van der Waals surface area contributed by atoms with Gasteiger partial charge in [0.25, 0.3) is 11.8 Å². The second kappa shape index (κ2) is 9.99. The molecule has 2 aromatic rings. The van der Waals surface area contributed by atoms with Crippen LogP contribution in [0, 0.1) is 0 Å². The van der Waals surface area contributed by atoms with Gasteiger partial charge in [0.2, 0.25) is 0 Å². The normalized spacial score (nSPS) is 14.3. The molecule has 1 N–H and O–H groups in total. The van der Waals surface area contributed by atoms with E-state index in [4.69, 9.17) is 27.9 Å². The standard InChI is InChI=1S/C22H24Cl2N2O3/c1-26(16-7-3-2-4-8-16)22(28)17-9-5-6-10-19(17)25-21(27)14-29-20-12-11-15(23)13-18(20)24/h5-6,9-13,16H,2-4,7-8,14H2,1H3,(H,25,27). The number of carbonyl (C=O) groups excluding carboxylic acids is 2. The van der Waals surface area contributed by atoms with Crippen molar-refractivity contribution in [1.29, 1.82) is 0 Å². The van der Waals surface area contributed by atoms with Crippen molar-refractivity contribution in [3.63, 3.8) is 0 Å². The molecule has 0 spiro atoms. The summed E-state index contributed by atoms with van der Waals surface area (Å²) in [6.07, 6.45) is 5.55. The van der Waals surface area contributed by atoms with E-state index in [1.54, 1.807) is 47.4 Å². The molecule has 29 heavy (non-hydrogen) atoms. The Labute approximate surface area is 180 Å². The summed E-state index contributed by atoms with van der Waals surface area (Å²) in [4.78, 5) is 27.2. The largest absolute Gasteiger partial charge is 0.482 e. The van der Waals surface area contributed by atoms with E-state index >= 15 is 0 Å². The molecule has 0 saturated heterocycles. The van der Waals surface area contributed by atoms with Crippen LogP contribution in [0.5, 0.6) is 5.75 Å². The molecule has 1 aliphatic carbocycles. The van der Waals surface area contributed by atoms with Crippen LogP contribution >= 0.6 is 23.2 Å². The quantitative estimate of drug-likeness (QED) is 0.660. The van der Waals surface area contributed by atoms with Gasteiger partial charge in [0, 0.05) is 18.1 Å². The van der Waals surface area contributed by atoms with Crippen molar-refractivity contribution in [3.8, 4) is 5.75 Å². The predicted molar refractivity (Wildman–Crippen MR) is 116 cm³/mol. The van der Waals surface area contributed by atoms with Crippen molar-refractivity contribution in [3.05, 3.63) is 58.1 Å². The number of anilines is 1. The average molecular weight is 435 g/mol. The van der Waals surface area contributed by atoms with Crippen molar-refractivity contribution in [2.75, 3.05) is 19.0 Å². The first-order valence-corrected chi connectivity index (χ1v) is 10.4. The van der Waals surface area contributed by atoms with Gasteiger partial charge in [-0.2, -0.15) is 0 Å². The van der Waals surface area contributed by atoms with Crippen molar-refractivity contribution in [2.24, 2.45) is 0 Å². The van der Waals surface area contributed by atoms with Crippen LogP contribution in [0.2, 0.25) is 10.0 Å². The molecule has 2 amide bonds. The van der Waals surface area contributed by atoms with E-state index in [2.05, 4.69) is 5.32 Å². The summed E-state index contributed by atoms with van der Waals surface area (Å²) < 4.78 is 5.47. The summed E-state index contributed by atoms with van der Waals surface area (Å²) in [6.45, 7) is -0.234. The second-order valence-electron chi connectivity index (χ2n) is 7.17. The number of hydrogen-bond acceptors (Lipinski definition) is 3. The molecule has 0 unspecified atom stereocenters. The fraction of sp³-hybridized carbons (Fsp3) is 0.364. The SMILES string of the molecule is CN(C(=O)c1ccccc1NC(=O)COc1ccc(Cl)cc1Cl)C1CCCCC1. The molecule has 7 heteroatoms. The summed E-state index contributed by atoms with van der Waals surface area (Å²) in [6, 6.07) is 12.1. The Morgan fingerprint density at radius 3 is 2.55 bits per heavy atom. The summed E-state index contributed by atoms with van der Waals surface area (Å²) in [5.74, 6) is -0.0985. The number of amides is 2. The van der Waals surface area contributed by atoms with Crippen LogP contribution in [-0.2, 0) is 4.79 Å². The van der Waals surface area contributed by atoms with Crippen molar-refractivity contribution in [1.82, 2.24) is 4.90 Å². The fourth-order valence-electron chi connectivity index (χ4n) is 3.52. The lowest BCUT2D eigenvalue weighted by Gasteiger charge is -2.31. The number of para-hydroxylation sites is 1. The zero-order valence-corrected chi connectivity index (χ0v) is 17.8. The molecule has 5 nitrogen and oxygen atoms in total. The van der Waals surface area contributed by atoms with E-state index in [9.17, 15) is 9.59 Å². The number of nitrogens with one attached hydrogen (secondary N) is 1. The molecule has 3 rings (SSSR count). The first-order chi connectivity index (χ1) is 14.0. The van der Waals surface area contributed by atoms with Crippen LogP contribution in [-0.4, -0.2) is 36.4 Å². The van der Waals surface area contributed by atoms with Crippen LogP contribution in [0.25, 0.3) is 0 Å². The molecule has 1 fully saturated rings. The molecule has 0 radical (unpaired) electrons. The Morgan fingerprint density at radius 1 is 1.10 bits per heavy atom. The van der Waals surface area contributed by atoms with E-state index in [0.29, 0.717) is 27.0 Å². The van der Waals surface area contributed by atoms with Gasteiger partial charge >= 0.3 is 0 Å². The van der Waals surface area contributed by atoms with Gasteiger partial charge in [0.1, 0.15) is 5.75 Å². The highest BCUT2D eigenvalue weighted by molar-refractivity contribution is 6.35. The number of rotatable bonds is 6. The number of ether oxygens (including phenoxy) is 1. The third-order valence-electron chi connectivity index (χ3n) is 5.13. The van der Waals surface area contributed by atoms with Gasteiger partial charge in [-0.25, -0.2) is 0 Å². The molecule has 0 heterocycles. The maximum atomic E-state index is 13.0. The van der Waals surface area contributed by atoms with Crippen LogP contribution in [0.4, 0.5) is 5.69 Å². The van der Waals surface area contributed by atoms with Gasteiger partial charge in [-0.1, -0.05) is 54.6 Å². The van der Waals surface area contributed by atoms with Gasteiger partial charge in [-0.05, 0) is 43.2 Å². The Kier molecular flexibility index (Phi) is 7.40. The van der Waals surface area contributed by atoms with Crippen LogP contribution in [0.15, 0.2) is 42.5 Å². The summed E-state index contributed by atoms with van der Waals surface area (Å²) in [7, 11) is 1.84. The van der Waals surface area contributed by atoms with Crippen molar-refractivity contribution < 1.29 is 14.3 Å². The Hall–Kier alpha value is -2.24. The van der Waals surface area contributed by atoms with E-state index in [1.807, 2.05) is 7.05 Å². The van der Waals surface area contributed by atoms with Crippen molar-refractivity contribution in [2.45, 2.75) is 38.1 Å². The molecular formula is C22H24Cl2N2O3. The highest BCUT2D eigenvalue weighted by atomic mass is 35.5. The first kappa shape index (κ1) is 21.5. The summed E-state index contributed by atoms with van der Waals surface area (Å²) >= 11 is 11.9.